The average Bonchev–Trinajstić information content (AvgIpc) is 2.49. The number of hydrogen-bond donors (Lipinski definition) is 1. The Morgan fingerprint density at radius 3 is 2.47 bits per heavy atom. The van der Waals surface area contributed by atoms with Crippen molar-refractivity contribution in [2.45, 2.75) is 44.4 Å². The summed E-state index contributed by atoms with van der Waals surface area (Å²) in [4.78, 5) is 24.1. The highest BCUT2D eigenvalue weighted by molar-refractivity contribution is 6.02. The van der Waals surface area contributed by atoms with E-state index in [-0.39, 0.29) is 30.8 Å². The molecule has 1 aliphatic heterocycles. The van der Waals surface area contributed by atoms with E-state index in [1.807, 2.05) is 6.92 Å². The molecule has 5 nitrogen and oxygen atoms in total. The van der Waals surface area contributed by atoms with Crippen molar-refractivity contribution in [1.29, 1.82) is 0 Å². The first-order chi connectivity index (χ1) is 7.15. The predicted octanol–water partition coefficient (Wildman–Crippen LogP) is -0.326. The fourth-order valence-corrected chi connectivity index (χ4v) is 2.21. The highest BCUT2D eigenvalue weighted by atomic mass is 16.5. The maximum atomic E-state index is 11.5. The summed E-state index contributed by atoms with van der Waals surface area (Å²) in [5.41, 5.74) is 0. The number of likely N-dealkylation sites (tertiary alicyclic amines) is 1. The summed E-state index contributed by atoms with van der Waals surface area (Å²) in [6.07, 6.45) is 0.237. The SMILES string of the molecule is CCO[C@@H]1C[C@H](O)[C@@H]1N1C(=O)CCC1=O. The van der Waals surface area contributed by atoms with Crippen LogP contribution in [0, 0.1) is 0 Å². The summed E-state index contributed by atoms with van der Waals surface area (Å²) in [5.74, 6) is -0.373. The van der Waals surface area contributed by atoms with Gasteiger partial charge < -0.3 is 9.84 Å². The molecular weight excluding hydrogens is 198 g/mol. The zero-order valence-electron chi connectivity index (χ0n) is 8.68. The first-order valence-electron chi connectivity index (χ1n) is 5.29. The van der Waals surface area contributed by atoms with Crippen LogP contribution in [0.3, 0.4) is 0 Å². The van der Waals surface area contributed by atoms with Gasteiger partial charge in [-0.3, -0.25) is 14.5 Å². The molecule has 5 heteroatoms. The van der Waals surface area contributed by atoms with Gasteiger partial charge in [-0.05, 0) is 6.92 Å². The second kappa shape index (κ2) is 3.90. The van der Waals surface area contributed by atoms with E-state index in [1.165, 1.54) is 4.90 Å². The molecule has 1 saturated carbocycles. The van der Waals surface area contributed by atoms with Gasteiger partial charge in [0.25, 0.3) is 0 Å². The van der Waals surface area contributed by atoms with Crippen LogP contribution < -0.4 is 0 Å². The molecule has 1 saturated heterocycles. The van der Waals surface area contributed by atoms with Crippen LogP contribution >= 0.6 is 0 Å². The minimum absolute atomic E-state index is 0.184. The van der Waals surface area contributed by atoms with Crippen LogP contribution in [-0.2, 0) is 14.3 Å². The van der Waals surface area contributed by atoms with Gasteiger partial charge in [-0.2, -0.15) is 0 Å². The van der Waals surface area contributed by atoms with Crippen LogP contribution in [0.4, 0.5) is 0 Å². The van der Waals surface area contributed by atoms with Crippen molar-refractivity contribution in [2.75, 3.05) is 6.61 Å². The third-order valence-electron chi connectivity index (χ3n) is 3.02. The number of hydrogen-bond acceptors (Lipinski definition) is 4. The minimum Gasteiger partial charge on any atom is -0.391 e. The fraction of sp³-hybridized carbons (Fsp3) is 0.800. The largest absolute Gasteiger partial charge is 0.391 e. The maximum absolute atomic E-state index is 11.5. The van der Waals surface area contributed by atoms with Crippen LogP contribution in [0.2, 0.25) is 0 Å². The van der Waals surface area contributed by atoms with Gasteiger partial charge in [0.05, 0.1) is 18.2 Å². The van der Waals surface area contributed by atoms with E-state index < -0.39 is 12.1 Å². The number of aliphatic hydroxyl groups excluding tert-OH is 1. The van der Waals surface area contributed by atoms with Crippen molar-refractivity contribution in [1.82, 2.24) is 4.90 Å². The Kier molecular flexibility index (Phi) is 2.75. The number of nitrogens with zero attached hydrogens (tertiary/aromatic N) is 1. The second-order valence-corrected chi connectivity index (χ2v) is 3.94. The molecule has 0 aromatic carbocycles. The Balaban J connectivity index is 2.07. The third-order valence-corrected chi connectivity index (χ3v) is 3.02. The van der Waals surface area contributed by atoms with Gasteiger partial charge in [-0.15, -0.1) is 0 Å². The van der Waals surface area contributed by atoms with E-state index in [0.717, 1.165) is 0 Å². The van der Waals surface area contributed by atoms with Crippen LogP contribution in [0.15, 0.2) is 0 Å². The summed E-state index contributed by atoms with van der Waals surface area (Å²) >= 11 is 0. The van der Waals surface area contributed by atoms with E-state index >= 15 is 0 Å². The molecule has 1 heterocycles. The van der Waals surface area contributed by atoms with Crippen molar-refractivity contribution in [3.8, 4) is 0 Å². The zero-order valence-corrected chi connectivity index (χ0v) is 8.68. The van der Waals surface area contributed by atoms with Crippen LogP contribution in [0.5, 0.6) is 0 Å². The Labute approximate surface area is 88.0 Å². The zero-order chi connectivity index (χ0) is 11.0. The number of carbonyl (C=O) groups excluding carboxylic acids is 2. The molecule has 2 rings (SSSR count). The summed E-state index contributed by atoms with van der Waals surface area (Å²) in [6, 6.07) is -0.451. The smallest absolute Gasteiger partial charge is 0.230 e. The molecule has 1 N–H and O–H groups in total. The fourth-order valence-electron chi connectivity index (χ4n) is 2.21. The van der Waals surface area contributed by atoms with Gasteiger partial charge in [0.15, 0.2) is 0 Å². The van der Waals surface area contributed by atoms with Gasteiger partial charge in [0, 0.05) is 25.9 Å². The lowest BCUT2D eigenvalue weighted by Crippen LogP contribution is -2.62. The normalized spacial score (nSPS) is 35.9. The molecule has 0 bridgehead atoms. The molecule has 2 aliphatic rings. The molecule has 0 aromatic heterocycles. The molecule has 84 valence electrons. The molecule has 0 radical (unpaired) electrons. The van der Waals surface area contributed by atoms with Crippen molar-refractivity contribution >= 4 is 11.8 Å². The predicted molar refractivity (Wildman–Crippen MR) is 50.9 cm³/mol. The van der Waals surface area contributed by atoms with Crippen LogP contribution in [-0.4, -0.2) is 46.7 Å². The first-order valence-corrected chi connectivity index (χ1v) is 5.29. The van der Waals surface area contributed by atoms with Gasteiger partial charge in [-0.25, -0.2) is 0 Å². The maximum Gasteiger partial charge on any atom is 0.230 e. The lowest BCUT2D eigenvalue weighted by molar-refractivity contribution is -0.168. The second-order valence-electron chi connectivity index (χ2n) is 3.94. The molecule has 0 spiro atoms. The quantitative estimate of drug-likeness (QED) is 0.652. The lowest BCUT2D eigenvalue weighted by Gasteiger charge is -2.45. The number of aliphatic hydroxyl groups is 1. The molecule has 1 aliphatic carbocycles. The summed E-state index contributed by atoms with van der Waals surface area (Å²) < 4.78 is 5.36. The summed E-state index contributed by atoms with van der Waals surface area (Å²) in [7, 11) is 0. The first kappa shape index (κ1) is 10.6. The Morgan fingerprint density at radius 2 is 2.00 bits per heavy atom. The van der Waals surface area contributed by atoms with Gasteiger partial charge in [-0.1, -0.05) is 0 Å². The van der Waals surface area contributed by atoms with Crippen molar-refractivity contribution in [3.63, 3.8) is 0 Å². The molecule has 2 fully saturated rings. The van der Waals surface area contributed by atoms with Crippen molar-refractivity contribution < 1.29 is 19.4 Å². The highest BCUT2D eigenvalue weighted by Crippen LogP contribution is 2.32. The van der Waals surface area contributed by atoms with Gasteiger partial charge in [0.1, 0.15) is 0 Å². The van der Waals surface area contributed by atoms with E-state index in [0.29, 0.717) is 13.0 Å². The van der Waals surface area contributed by atoms with Crippen LogP contribution in [0.25, 0.3) is 0 Å². The number of imide groups is 1. The number of carbonyl (C=O) groups is 2. The lowest BCUT2D eigenvalue weighted by atomic mass is 9.84. The summed E-state index contributed by atoms with van der Waals surface area (Å²) in [5, 5.41) is 9.57. The Hall–Kier alpha value is -0.940. The number of amides is 2. The molecular formula is C10H15NO4. The van der Waals surface area contributed by atoms with Crippen molar-refractivity contribution in [2.24, 2.45) is 0 Å². The minimum atomic E-state index is -0.618. The molecule has 0 unspecified atom stereocenters. The summed E-state index contributed by atoms with van der Waals surface area (Å²) in [6.45, 7) is 2.39. The van der Waals surface area contributed by atoms with Crippen LogP contribution in [0.1, 0.15) is 26.2 Å². The Bertz CT molecular complexity index is 273. The van der Waals surface area contributed by atoms with Gasteiger partial charge >= 0.3 is 0 Å². The van der Waals surface area contributed by atoms with E-state index in [1.54, 1.807) is 0 Å². The monoisotopic (exact) mass is 213 g/mol. The Morgan fingerprint density at radius 1 is 1.40 bits per heavy atom. The average molecular weight is 213 g/mol. The number of rotatable bonds is 3. The van der Waals surface area contributed by atoms with E-state index in [4.69, 9.17) is 4.74 Å². The highest BCUT2D eigenvalue weighted by Gasteiger charge is 2.50. The molecule has 3 atom stereocenters. The van der Waals surface area contributed by atoms with Gasteiger partial charge in [0.2, 0.25) is 11.8 Å². The van der Waals surface area contributed by atoms with E-state index in [9.17, 15) is 14.7 Å². The third kappa shape index (κ3) is 1.66. The number of ether oxygens (including phenoxy) is 1. The standard InChI is InChI=1S/C10H15NO4/c1-2-15-7-5-6(12)10(7)11-8(13)3-4-9(11)14/h6-7,10,12H,2-5H2,1H3/t6-,7+,10-/m0/s1. The molecule has 15 heavy (non-hydrogen) atoms. The molecule has 2 amide bonds. The molecule has 0 aromatic rings. The van der Waals surface area contributed by atoms with Crippen molar-refractivity contribution in [3.05, 3.63) is 0 Å². The topological polar surface area (TPSA) is 66.8 Å². The van der Waals surface area contributed by atoms with E-state index in [2.05, 4.69) is 0 Å².